The number of rotatable bonds is 6. The van der Waals surface area contributed by atoms with Crippen molar-refractivity contribution < 1.29 is 0 Å². The molecule has 0 aliphatic carbocycles. The van der Waals surface area contributed by atoms with Crippen molar-refractivity contribution in [3.63, 3.8) is 0 Å². The standard InChI is InChI=1S/C16H21N3OS/c1-4-5-13-10-15(20)19-16(18-13)21-14-8-6-12(7-9-14)11(2)17-3/h6-11,17H,4-5H2,1-3H3,(H,18,19,20). The van der Waals surface area contributed by atoms with Crippen LogP contribution in [0.2, 0.25) is 0 Å². The molecular weight excluding hydrogens is 282 g/mol. The van der Waals surface area contributed by atoms with Crippen LogP contribution in [-0.4, -0.2) is 17.0 Å². The molecule has 0 fully saturated rings. The molecule has 0 aliphatic heterocycles. The summed E-state index contributed by atoms with van der Waals surface area (Å²) >= 11 is 1.48. The van der Waals surface area contributed by atoms with Crippen LogP contribution in [0.4, 0.5) is 0 Å². The molecule has 0 radical (unpaired) electrons. The first-order valence-electron chi connectivity index (χ1n) is 7.17. The molecule has 112 valence electrons. The van der Waals surface area contributed by atoms with Crippen LogP contribution in [0.25, 0.3) is 0 Å². The fourth-order valence-electron chi connectivity index (χ4n) is 2.02. The molecule has 0 saturated carbocycles. The van der Waals surface area contributed by atoms with Crippen LogP contribution in [-0.2, 0) is 6.42 Å². The minimum atomic E-state index is -0.0867. The Morgan fingerprint density at radius 1 is 1.33 bits per heavy atom. The predicted molar refractivity (Wildman–Crippen MR) is 86.9 cm³/mol. The summed E-state index contributed by atoms with van der Waals surface area (Å²) in [7, 11) is 1.95. The Labute approximate surface area is 129 Å². The Hall–Kier alpha value is -1.59. The van der Waals surface area contributed by atoms with E-state index >= 15 is 0 Å². The van der Waals surface area contributed by atoms with E-state index < -0.39 is 0 Å². The molecule has 5 heteroatoms. The molecule has 4 nitrogen and oxygen atoms in total. The van der Waals surface area contributed by atoms with Gasteiger partial charge >= 0.3 is 0 Å². The molecule has 0 aliphatic rings. The second-order valence-electron chi connectivity index (χ2n) is 4.97. The van der Waals surface area contributed by atoms with E-state index in [0.29, 0.717) is 11.2 Å². The lowest BCUT2D eigenvalue weighted by Crippen LogP contribution is -2.12. The van der Waals surface area contributed by atoms with Gasteiger partial charge in [0.2, 0.25) is 0 Å². The van der Waals surface area contributed by atoms with Crippen LogP contribution >= 0.6 is 11.8 Å². The van der Waals surface area contributed by atoms with Gasteiger partial charge in [-0.05, 0) is 38.1 Å². The van der Waals surface area contributed by atoms with Crippen LogP contribution < -0.4 is 10.9 Å². The first-order chi connectivity index (χ1) is 10.1. The maximum Gasteiger partial charge on any atom is 0.251 e. The number of aryl methyl sites for hydroxylation is 1. The van der Waals surface area contributed by atoms with Crippen LogP contribution in [0.3, 0.4) is 0 Å². The number of benzene rings is 1. The summed E-state index contributed by atoms with van der Waals surface area (Å²) in [5.41, 5.74) is 2.00. The zero-order valence-corrected chi connectivity index (χ0v) is 13.5. The van der Waals surface area contributed by atoms with Crippen molar-refractivity contribution in [1.82, 2.24) is 15.3 Å². The van der Waals surface area contributed by atoms with Crippen molar-refractivity contribution in [3.8, 4) is 0 Å². The maximum atomic E-state index is 11.6. The second-order valence-corrected chi connectivity index (χ2v) is 6.04. The summed E-state index contributed by atoms with van der Waals surface area (Å²) in [5.74, 6) is 0. The smallest absolute Gasteiger partial charge is 0.251 e. The highest BCUT2D eigenvalue weighted by molar-refractivity contribution is 7.99. The van der Waals surface area contributed by atoms with E-state index in [9.17, 15) is 4.79 Å². The highest BCUT2D eigenvalue weighted by atomic mass is 32.2. The summed E-state index contributed by atoms with van der Waals surface area (Å²) in [5, 5.41) is 3.87. The van der Waals surface area contributed by atoms with Gasteiger partial charge in [-0.2, -0.15) is 0 Å². The van der Waals surface area contributed by atoms with E-state index in [1.165, 1.54) is 17.3 Å². The molecule has 0 amide bonds. The summed E-state index contributed by atoms with van der Waals surface area (Å²) in [6.45, 7) is 4.20. The number of hydrogen-bond acceptors (Lipinski definition) is 4. The van der Waals surface area contributed by atoms with Gasteiger partial charge in [-0.1, -0.05) is 37.2 Å². The zero-order valence-electron chi connectivity index (χ0n) is 12.6. The van der Waals surface area contributed by atoms with Crippen molar-refractivity contribution >= 4 is 11.8 Å². The van der Waals surface area contributed by atoms with Crippen LogP contribution in [0, 0.1) is 0 Å². The number of aromatic nitrogens is 2. The Kier molecular flexibility index (Phi) is 5.59. The quantitative estimate of drug-likeness (QED) is 0.805. The van der Waals surface area contributed by atoms with Crippen molar-refractivity contribution in [1.29, 1.82) is 0 Å². The van der Waals surface area contributed by atoms with Crippen LogP contribution in [0.5, 0.6) is 0 Å². The van der Waals surface area contributed by atoms with E-state index in [0.717, 1.165) is 23.4 Å². The molecule has 2 rings (SSSR count). The Morgan fingerprint density at radius 3 is 2.67 bits per heavy atom. The predicted octanol–water partition coefficient (Wildman–Crippen LogP) is 3.15. The molecule has 2 aromatic rings. The van der Waals surface area contributed by atoms with Gasteiger partial charge in [0.05, 0.1) is 0 Å². The molecule has 1 aromatic carbocycles. The number of nitrogens with one attached hydrogen (secondary N) is 2. The monoisotopic (exact) mass is 303 g/mol. The van der Waals surface area contributed by atoms with E-state index in [2.05, 4.69) is 53.4 Å². The Balaban J connectivity index is 2.16. The Bertz CT molecular complexity index is 637. The van der Waals surface area contributed by atoms with Gasteiger partial charge in [0.25, 0.3) is 5.56 Å². The molecule has 0 bridgehead atoms. The third kappa shape index (κ3) is 4.44. The third-order valence-electron chi connectivity index (χ3n) is 3.31. The third-order valence-corrected chi connectivity index (χ3v) is 4.20. The highest BCUT2D eigenvalue weighted by Gasteiger charge is 2.05. The highest BCUT2D eigenvalue weighted by Crippen LogP contribution is 2.25. The lowest BCUT2D eigenvalue weighted by atomic mass is 10.1. The largest absolute Gasteiger partial charge is 0.313 e. The van der Waals surface area contributed by atoms with E-state index in [-0.39, 0.29) is 5.56 Å². The lowest BCUT2D eigenvalue weighted by Gasteiger charge is -2.10. The average molecular weight is 303 g/mol. The molecule has 21 heavy (non-hydrogen) atoms. The number of nitrogens with zero attached hydrogens (tertiary/aromatic N) is 1. The molecular formula is C16H21N3OS. The fraction of sp³-hybridized carbons (Fsp3) is 0.375. The molecule has 1 heterocycles. The molecule has 2 N–H and O–H groups in total. The van der Waals surface area contributed by atoms with Gasteiger partial charge < -0.3 is 10.3 Å². The van der Waals surface area contributed by atoms with Gasteiger partial charge in [0.1, 0.15) is 0 Å². The number of H-pyrrole nitrogens is 1. The van der Waals surface area contributed by atoms with Gasteiger partial charge in [-0.15, -0.1) is 0 Å². The van der Waals surface area contributed by atoms with Crippen molar-refractivity contribution in [3.05, 3.63) is 51.9 Å². The minimum absolute atomic E-state index is 0.0867. The van der Waals surface area contributed by atoms with E-state index in [4.69, 9.17) is 0 Å². The fourth-order valence-corrected chi connectivity index (χ4v) is 2.83. The van der Waals surface area contributed by atoms with Crippen LogP contribution in [0.15, 0.2) is 45.2 Å². The number of hydrogen-bond donors (Lipinski definition) is 2. The first-order valence-corrected chi connectivity index (χ1v) is 7.99. The van der Waals surface area contributed by atoms with E-state index in [1.54, 1.807) is 6.07 Å². The first kappa shape index (κ1) is 15.8. The van der Waals surface area contributed by atoms with Crippen molar-refractivity contribution in [2.45, 2.75) is 42.8 Å². The topological polar surface area (TPSA) is 57.8 Å². The summed E-state index contributed by atoms with van der Waals surface area (Å²) < 4.78 is 0. The minimum Gasteiger partial charge on any atom is -0.313 e. The normalized spacial score (nSPS) is 12.3. The molecule has 0 saturated heterocycles. The molecule has 0 spiro atoms. The van der Waals surface area contributed by atoms with Crippen molar-refractivity contribution in [2.24, 2.45) is 0 Å². The van der Waals surface area contributed by atoms with Gasteiger partial charge in [-0.3, -0.25) is 4.79 Å². The summed E-state index contributed by atoms with van der Waals surface area (Å²) in [4.78, 5) is 20.0. The SMILES string of the molecule is CCCc1cc(=O)[nH]c(Sc2ccc(C(C)NC)cc2)n1. The second kappa shape index (κ2) is 7.43. The van der Waals surface area contributed by atoms with Crippen molar-refractivity contribution in [2.75, 3.05) is 7.05 Å². The number of aromatic amines is 1. The molecule has 1 atom stereocenters. The van der Waals surface area contributed by atoms with Gasteiger partial charge in [0, 0.05) is 22.7 Å². The van der Waals surface area contributed by atoms with Gasteiger partial charge in [0.15, 0.2) is 5.16 Å². The summed E-state index contributed by atoms with van der Waals surface area (Å²) in [6.07, 6.45) is 1.81. The molecule has 1 unspecified atom stereocenters. The van der Waals surface area contributed by atoms with E-state index in [1.807, 2.05) is 7.05 Å². The average Bonchev–Trinajstić information content (AvgIpc) is 2.47. The summed E-state index contributed by atoms with van der Waals surface area (Å²) in [6, 6.07) is 10.2. The Morgan fingerprint density at radius 2 is 2.05 bits per heavy atom. The molecule has 1 aromatic heterocycles. The van der Waals surface area contributed by atoms with Crippen LogP contribution in [0.1, 0.15) is 37.6 Å². The maximum absolute atomic E-state index is 11.6. The zero-order chi connectivity index (χ0) is 15.2. The lowest BCUT2D eigenvalue weighted by molar-refractivity contribution is 0.652. The van der Waals surface area contributed by atoms with Gasteiger partial charge in [-0.25, -0.2) is 4.98 Å².